The van der Waals surface area contributed by atoms with Crippen LogP contribution in [0.15, 0.2) is 24.3 Å². The van der Waals surface area contributed by atoms with E-state index in [1.165, 1.54) is 38.3 Å². The number of esters is 2. The molecule has 2 aromatic rings. The fourth-order valence-corrected chi connectivity index (χ4v) is 2.69. The number of ketones is 1. The van der Waals surface area contributed by atoms with Gasteiger partial charge in [-0.2, -0.15) is 0 Å². The molecular weight excluding hydrogens is 352 g/mol. The summed E-state index contributed by atoms with van der Waals surface area (Å²) in [6.07, 6.45) is 0. The minimum absolute atomic E-state index is 0.146. The highest BCUT2D eigenvalue weighted by Crippen LogP contribution is 2.19. The summed E-state index contributed by atoms with van der Waals surface area (Å²) in [5.74, 6) is -1.90. The van der Waals surface area contributed by atoms with E-state index in [0.29, 0.717) is 28.1 Å². The molecular formula is C19H20N2O6. The molecule has 142 valence electrons. The highest BCUT2D eigenvalue weighted by molar-refractivity contribution is 6.02. The lowest BCUT2D eigenvalue weighted by Gasteiger charge is -2.07. The zero-order valence-electron chi connectivity index (χ0n) is 15.5. The van der Waals surface area contributed by atoms with E-state index in [9.17, 15) is 19.2 Å². The van der Waals surface area contributed by atoms with Gasteiger partial charge < -0.3 is 19.8 Å². The van der Waals surface area contributed by atoms with E-state index in [1.807, 2.05) is 0 Å². The Labute approximate surface area is 155 Å². The molecule has 0 unspecified atom stereocenters. The number of nitrogens with one attached hydrogen (secondary N) is 2. The fourth-order valence-electron chi connectivity index (χ4n) is 2.69. The number of hydrogen-bond acceptors (Lipinski definition) is 6. The first-order valence-electron chi connectivity index (χ1n) is 8.10. The number of benzene rings is 1. The van der Waals surface area contributed by atoms with Crippen LogP contribution in [0.1, 0.15) is 49.4 Å². The van der Waals surface area contributed by atoms with Crippen LogP contribution >= 0.6 is 0 Å². The summed E-state index contributed by atoms with van der Waals surface area (Å²) in [5.41, 5.74) is 2.44. The lowest BCUT2D eigenvalue weighted by atomic mass is 10.1. The van der Waals surface area contributed by atoms with Gasteiger partial charge in [-0.15, -0.1) is 0 Å². The predicted molar refractivity (Wildman–Crippen MR) is 97.0 cm³/mol. The lowest BCUT2D eigenvalue weighted by Crippen LogP contribution is -2.21. The Morgan fingerprint density at radius 2 is 1.67 bits per heavy atom. The molecule has 1 heterocycles. The van der Waals surface area contributed by atoms with Crippen molar-refractivity contribution in [2.24, 2.45) is 0 Å². The van der Waals surface area contributed by atoms with Gasteiger partial charge in [-0.3, -0.25) is 9.59 Å². The third-order valence-corrected chi connectivity index (χ3v) is 3.92. The van der Waals surface area contributed by atoms with Crippen molar-refractivity contribution in [2.45, 2.75) is 20.8 Å². The van der Waals surface area contributed by atoms with E-state index in [2.05, 4.69) is 15.0 Å². The molecule has 0 saturated heterocycles. The van der Waals surface area contributed by atoms with Gasteiger partial charge in [0.1, 0.15) is 5.69 Å². The maximum absolute atomic E-state index is 12.2. The number of anilines is 1. The van der Waals surface area contributed by atoms with Crippen LogP contribution in [0.25, 0.3) is 0 Å². The maximum Gasteiger partial charge on any atom is 0.355 e. The van der Waals surface area contributed by atoms with Crippen LogP contribution in [-0.4, -0.2) is 42.3 Å². The summed E-state index contributed by atoms with van der Waals surface area (Å²) in [5, 5.41) is 2.55. The molecule has 0 bridgehead atoms. The average Bonchev–Trinajstić information content (AvgIpc) is 2.94. The molecule has 2 N–H and O–H groups in total. The quantitative estimate of drug-likeness (QED) is 0.594. The molecule has 0 radical (unpaired) electrons. The Balaban J connectivity index is 1.96. The van der Waals surface area contributed by atoms with E-state index in [-0.39, 0.29) is 11.5 Å². The topological polar surface area (TPSA) is 115 Å². The number of amides is 1. The third-order valence-electron chi connectivity index (χ3n) is 3.92. The zero-order valence-corrected chi connectivity index (χ0v) is 15.5. The van der Waals surface area contributed by atoms with Crippen molar-refractivity contribution in [3.05, 3.63) is 52.3 Å². The van der Waals surface area contributed by atoms with Crippen molar-refractivity contribution in [3.8, 4) is 0 Å². The molecule has 27 heavy (non-hydrogen) atoms. The fraction of sp³-hybridized carbons (Fsp3) is 0.263. The van der Waals surface area contributed by atoms with Crippen LogP contribution in [0.2, 0.25) is 0 Å². The SMILES string of the molecule is COC(=O)c1ccc(NC(=O)COC(=O)c2[nH]c(C)c(C(C)=O)c2C)cc1. The summed E-state index contributed by atoms with van der Waals surface area (Å²) in [6.45, 7) is 4.24. The van der Waals surface area contributed by atoms with Gasteiger partial charge in [0.15, 0.2) is 12.4 Å². The number of Topliss-reactive ketones (excluding diaryl/α,β-unsaturated/α-hetero) is 1. The van der Waals surface area contributed by atoms with E-state index < -0.39 is 24.5 Å². The Kier molecular flexibility index (Phi) is 6.12. The number of H-pyrrole nitrogens is 1. The third kappa shape index (κ3) is 4.60. The number of aryl methyl sites for hydroxylation is 1. The number of hydrogen-bond donors (Lipinski definition) is 2. The Hall–Kier alpha value is -3.42. The first-order valence-corrected chi connectivity index (χ1v) is 8.10. The monoisotopic (exact) mass is 372 g/mol. The van der Waals surface area contributed by atoms with Crippen molar-refractivity contribution >= 4 is 29.3 Å². The van der Waals surface area contributed by atoms with Gasteiger partial charge in [0.05, 0.1) is 12.7 Å². The van der Waals surface area contributed by atoms with Gasteiger partial charge >= 0.3 is 11.9 Å². The summed E-state index contributed by atoms with van der Waals surface area (Å²) in [7, 11) is 1.28. The van der Waals surface area contributed by atoms with Gasteiger partial charge in [-0.25, -0.2) is 9.59 Å². The second kappa shape index (κ2) is 8.31. The van der Waals surface area contributed by atoms with Gasteiger partial charge in [0, 0.05) is 16.9 Å². The van der Waals surface area contributed by atoms with E-state index in [1.54, 1.807) is 13.8 Å². The van der Waals surface area contributed by atoms with Gasteiger partial charge in [0.25, 0.3) is 5.91 Å². The first kappa shape index (κ1) is 19.9. The van der Waals surface area contributed by atoms with E-state index >= 15 is 0 Å². The minimum atomic E-state index is -0.723. The van der Waals surface area contributed by atoms with Crippen LogP contribution in [0.4, 0.5) is 5.69 Å². The minimum Gasteiger partial charge on any atom is -0.465 e. The molecule has 8 heteroatoms. The summed E-state index contributed by atoms with van der Waals surface area (Å²) in [6, 6.07) is 6.07. The number of carbonyl (C=O) groups is 4. The van der Waals surface area contributed by atoms with Crippen molar-refractivity contribution in [3.63, 3.8) is 0 Å². The number of carbonyl (C=O) groups excluding carboxylic acids is 4. The lowest BCUT2D eigenvalue weighted by molar-refractivity contribution is -0.119. The normalized spacial score (nSPS) is 10.2. The van der Waals surface area contributed by atoms with Crippen molar-refractivity contribution in [1.82, 2.24) is 4.98 Å². The molecule has 0 aliphatic heterocycles. The molecule has 1 amide bonds. The average molecular weight is 372 g/mol. The Morgan fingerprint density at radius 1 is 1.04 bits per heavy atom. The molecule has 8 nitrogen and oxygen atoms in total. The molecule has 1 aromatic heterocycles. The molecule has 1 aromatic carbocycles. The zero-order chi connectivity index (χ0) is 20.1. The largest absolute Gasteiger partial charge is 0.465 e. The van der Waals surface area contributed by atoms with Crippen LogP contribution in [0.5, 0.6) is 0 Å². The smallest absolute Gasteiger partial charge is 0.355 e. The molecule has 0 aliphatic rings. The second-order valence-corrected chi connectivity index (χ2v) is 5.87. The highest BCUT2D eigenvalue weighted by atomic mass is 16.5. The maximum atomic E-state index is 12.2. The van der Waals surface area contributed by atoms with Crippen LogP contribution < -0.4 is 5.32 Å². The number of methoxy groups -OCH3 is 1. The number of aromatic nitrogens is 1. The summed E-state index contributed by atoms with van der Waals surface area (Å²) in [4.78, 5) is 49.9. The van der Waals surface area contributed by atoms with Crippen LogP contribution in [0, 0.1) is 13.8 Å². The standard InChI is InChI=1S/C19H20N2O6/c1-10-16(12(3)22)11(2)20-17(10)19(25)27-9-15(23)21-14-7-5-13(6-8-14)18(24)26-4/h5-8,20H,9H2,1-4H3,(H,21,23). The summed E-state index contributed by atoms with van der Waals surface area (Å²) >= 11 is 0. The molecule has 0 saturated carbocycles. The molecule has 2 rings (SSSR count). The van der Waals surface area contributed by atoms with Gasteiger partial charge in [-0.05, 0) is 50.6 Å². The molecule has 0 spiro atoms. The van der Waals surface area contributed by atoms with Crippen molar-refractivity contribution in [1.29, 1.82) is 0 Å². The number of rotatable bonds is 6. The van der Waals surface area contributed by atoms with Crippen molar-refractivity contribution in [2.75, 3.05) is 19.0 Å². The molecule has 0 fully saturated rings. The van der Waals surface area contributed by atoms with E-state index in [0.717, 1.165) is 0 Å². The predicted octanol–water partition coefficient (Wildman–Crippen LogP) is 2.42. The van der Waals surface area contributed by atoms with Crippen LogP contribution in [-0.2, 0) is 14.3 Å². The van der Waals surface area contributed by atoms with Gasteiger partial charge in [-0.1, -0.05) is 0 Å². The summed E-state index contributed by atoms with van der Waals surface area (Å²) < 4.78 is 9.59. The Morgan fingerprint density at radius 3 is 2.19 bits per heavy atom. The second-order valence-electron chi connectivity index (χ2n) is 5.87. The van der Waals surface area contributed by atoms with Crippen molar-refractivity contribution < 1.29 is 28.7 Å². The number of aromatic amines is 1. The van der Waals surface area contributed by atoms with Crippen LogP contribution in [0.3, 0.4) is 0 Å². The molecule has 0 atom stereocenters. The highest BCUT2D eigenvalue weighted by Gasteiger charge is 2.21. The first-order chi connectivity index (χ1) is 12.7. The van der Waals surface area contributed by atoms with Gasteiger partial charge in [0.2, 0.25) is 0 Å². The number of ether oxygens (including phenoxy) is 2. The Bertz CT molecular complexity index is 896. The van der Waals surface area contributed by atoms with E-state index in [4.69, 9.17) is 4.74 Å². The molecule has 0 aliphatic carbocycles.